The summed E-state index contributed by atoms with van der Waals surface area (Å²) in [7, 11) is 0. The van der Waals surface area contributed by atoms with Crippen LogP contribution in [0.1, 0.15) is 46.3 Å². The molecule has 0 bridgehead atoms. The molecule has 0 saturated carbocycles. The third kappa shape index (κ3) is 2.04. The minimum atomic E-state index is -0.0301. The van der Waals surface area contributed by atoms with Gasteiger partial charge in [0.05, 0.1) is 17.9 Å². The minimum Gasteiger partial charge on any atom is -0.492 e. The number of aromatic nitrogens is 2. The van der Waals surface area contributed by atoms with Gasteiger partial charge in [0.15, 0.2) is 0 Å². The molecule has 0 amide bonds. The molecule has 3 rings (SSSR count). The highest BCUT2D eigenvalue weighted by molar-refractivity contribution is 7.08. The SMILES string of the molecule is CC(C)c1nnsc1C(=O)c1cccc2c1OCC2. The van der Waals surface area contributed by atoms with E-state index in [9.17, 15) is 4.79 Å². The van der Waals surface area contributed by atoms with Crippen LogP contribution in [-0.2, 0) is 6.42 Å². The second kappa shape index (κ2) is 4.74. The van der Waals surface area contributed by atoms with Crippen LogP contribution in [0.4, 0.5) is 0 Å². The standard InChI is InChI=1S/C14H14N2O2S/c1-8(2)11-14(19-16-15-11)12(17)10-5-3-4-9-6-7-18-13(9)10/h3-5,8H,6-7H2,1-2H3. The molecule has 0 atom stereocenters. The second-order valence-corrected chi connectivity index (χ2v) is 5.62. The molecule has 0 fully saturated rings. The number of ketones is 1. The van der Waals surface area contributed by atoms with E-state index in [2.05, 4.69) is 9.59 Å². The molecule has 2 aromatic rings. The van der Waals surface area contributed by atoms with E-state index in [1.807, 2.05) is 32.0 Å². The number of para-hydroxylation sites is 1. The molecule has 1 aliphatic heterocycles. The van der Waals surface area contributed by atoms with Gasteiger partial charge in [-0.2, -0.15) is 0 Å². The van der Waals surface area contributed by atoms with E-state index in [-0.39, 0.29) is 11.7 Å². The van der Waals surface area contributed by atoms with Crippen molar-refractivity contribution in [3.63, 3.8) is 0 Å². The van der Waals surface area contributed by atoms with Gasteiger partial charge in [0, 0.05) is 6.42 Å². The van der Waals surface area contributed by atoms with Crippen LogP contribution in [-0.4, -0.2) is 22.0 Å². The topological polar surface area (TPSA) is 52.1 Å². The number of hydrogen-bond acceptors (Lipinski definition) is 5. The molecule has 19 heavy (non-hydrogen) atoms. The molecular formula is C14H14N2O2S. The number of hydrogen-bond donors (Lipinski definition) is 0. The van der Waals surface area contributed by atoms with Gasteiger partial charge in [0.2, 0.25) is 5.78 Å². The maximum absolute atomic E-state index is 12.6. The lowest BCUT2D eigenvalue weighted by Crippen LogP contribution is -2.06. The van der Waals surface area contributed by atoms with Gasteiger partial charge in [-0.15, -0.1) is 5.10 Å². The van der Waals surface area contributed by atoms with Gasteiger partial charge < -0.3 is 4.74 Å². The maximum atomic E-state index is 12.6. The van der Waals surface area contributed by atoms with Crippen LogP contribution < -0.4 is 4.74 Å². The highest BCUT2D eigenvalue weighted by Crippen LogP contribution is 2.32. The van der Waals surface area contributed by atoms with E-state index >= 15 is 0 Å². The Hall–Kier alpha value is -1.75. The van der Waals surface area contributed by atoms with Crippen LogP contribution in [0.25, 0.3) is 0 Å². The van der Waals surface area contributed by atoms with Crippen LogP contribution in [0.15, 0.2) is 18.2 Å². The predicted molar refractivity (Wildman–Crippen MR) is 73.1 cm³/mol. The van der Waals surface area contributed by atoms with E-state index < -0.39 is 0 Å². The van der Waals surface area contributed by atoms with Gasteiger partial charge >= 0.3 is 0 Å². The Labute approximate surface area is 115 Å². The summed E-state index contributed by atoms with van der Waals surface area (Å²) in [5.41, 5.74) is 2.50. The normalized spacial score (nSPS) is 13.4. The van der Waals surface area contributed by atoms with Crippen molar-refractivity contribution >= 4 is 17.3 Å². The minimum absolute atomic E-state index is 0.0301. The van der Waals surface area contributed by atoms with E-state index in [1.54, 1.807) is 0 Å². The Bertz CT molecular complexity index is 634. The van der Waals surface area contributed by atoms with Crippen LogP contribution in [0.2, 0.25) is 0 Å². The van der Waals surface area contributed by atoms with Crippen LogP contribution in [0.5, 0.6) is 5.75 Å². The Balaban J connectivity index is 2.06. The zero-order valence-electron chi connectivity index (χ0n) is 10.8. The fourth-order valence-corrected chi connectivity index (χ4v) is 3.02. The third-order valence-corrected chi connectivity index (χ3v) is 3.97. The molecule has 1 aromatic carbocycles. The molecule has 5 heteroatoms. The van der Waals surface area contributed by atoms with Crippen LogP contribution in [0, 0.1) is 0 Å². The molecule has 1 aromatic heterocycles. The molecule has 1 aliphatic rings. The number of benzene rings is 1. The fourth-order valence-electron chi connectivity index (χ4n) is 2.25. The fraction of sp³-hybridized carbons (Fsp3) is 0.357. The van der Waals surface area contributed by atoms with Gasteiger partial charge in [-0.05, 0) is 29.1 Å². The van der Waals surface area contributed by atoms with Gasteiger partial charge in [-0.3, -0.25) is 4.79 Å². The molecule has 98 valence electrons. The van der Waals surface area contributed by atoms with Crippen LogP contribution >= 0.6 is 11.5 Å². The molecule has 0 unspecified atom stereocenters. The zero-order chi connectivity index (χ0) is 13.4. The smallest absolute Gasteiger partial charge is 0.210 e. The van der Waals surface area contributed by atoms with E-state index in [0.29, 0.717) is 17.0 Å². The number of nitrogens with zero attached hydrogens (tertiary/aromatic N) is 2. The average molecular weight is 274 g/mol. The Morgan fingerprint density at radius 3 is 3.05 bits per heavy atom. The van der Waals surface area contributed by atoms with E-state index in [0.717, 1.165) is 35.0 Å². The first-order valence-electron chi connectivity index (χ1n) is 6.30. The third-order valence-electron chi connectivity index (χ3n) is 3.23. The first-order valence-corrected chi connectivity index (χ1v) is 7.07. The highest BCUT2D eigenvalue weighted by atomic mass is 32.1. The molecule has 0 N–H and O–H groups in total. The van der Waals surface area contributed by atoms with Crippen molar-refractivity contribution in [2.75, 3.05) is 6.61 Å². The van der Waals surface area contributed by atoms with Crippen LogP contribution in [0.3, 0.4) is 0 Å². The monoisotopic (exact) mass is 274 g/mol. The van der Waals surface area contributed by atoms with E-state index in [4.69, 9.17) is 4.74 Å². The summed E-state index contributed by atoms with van der Waals surface area (Å²) in [6, 6.07) is 5.73. The lowest BCUT2D eigenvalue weighted by molar-refractivity contribution is 0.103. The number of carbonyl (C=O) groups excluding carboxylic acids is 1. The van der Waals surface area contributed by atoms with Crippen molar-refractivity contribution in [2.24, 2.45) is 0 Å². The summed E-state index contributed by atoms with van der Waals surface area (Å²) in [5.74, 6) is 0.892. The van der Waals surface area contributed by atoms with Gasteiger partial charge in [0.25, 0.3) is 0 Å². The number of rotatable bonds is 3. The summed E-state index contributed by atoms with van der Waals surface area (Å²) in [5, 5.41) is 4.06. The molecule has 0 saturated heterocycles. The predicted octanol–water partition coefficient (Wildman–Crippen LogP) is 2.83. The molecule has 0 spiro atoms. The molecule has 4 nitrogen and oxygen atoms in total. The summed E-state index contributed by atoms with van der Waals surface area (Å²) < 4.78 is 9.51. The number of fused-ring (bicyclic) bond motifs is 1. The second-order valence-electron chi connectivity index (χ2n) is 4.86. The summed E-state index contributed by atoms with van der Waals surface area (Å²) in [4.78, 5) is 13.3. The lowest BCUT2D eigenvalue weighted by atomic mass is 10.0. The van der Waals surface area contributed by atoms with Gasteiger partial charge in [-0.25, -0.2) is 0 Å². The van der Waals surface area contributed by atoms with Gasteiger partial charge in [0.1, 0.15) is 10.6 Å². The molecule has 0 aliphatic carbocycles. The molecular weight excluding hydrogens is 260 g/mol. The van der Waals surface area contributed by atoms with E-state index in [1.165, 1.54) is 0 Å². The Morgan fingerprint density at radius 1 is 1.42 bits per heavy atom. The zero-order valence-corrected chi connectivity index (χ0v) is 11.7. The first-order chi connectivity index (χ1) is 9.18. The molecule has 2 heterocycles. The van der Waals surface area contributed by atoms with Crippen molar-refractivity contribution in [1.82, 2.24) is 9.59 Å². The first kappa shape index (κ1) is 12.3. The van der Waals surface area contributed by atoms with Crippen molar-refractivity contribution in [2.45, 2.75) is 26.2 Å². The molecule has 0 radical (unpaired) electrons. The van der Waals surface area contributed by atoms with Crippen molar-refractivity contribution in [3.05, 3.63) is 39.9 Å². The maximum Gasteiger partial charge on any atom is 0.210 e. The van der Waals surface area contributed by atoms with Crippen molar-refractivity contribution in [3.8, 4) is 5.75 Å². The highest BCUT2D eigenvalue weighted by Gasteiger charge is 2.25. The van der Waals surface area contributed by atoms with Gasteiger partial charge in [-0.1, -0.05) is 30.5 Å². The largest absolute Gasteiger partial charge is 0.492 e. The Morgan fingerprint density at radius 2 is 2.26 bits per heavy atom. The number of carbonyl (C=O) groups is 1. The van der Waals surface area contributed by atoms with Crippen molar-refractivity contribution in [1.29, 1.82) is 0 Å². The van der Waals surface area contributed by atoms with Crippen molar-refractivity contribution < 1.29 is 9.53 Å². The lowest BCUT2D eigenvalue weighted by Gasteiger charge is -2.07. The quantitative estimate of drug-likeness (QED) is 0.808. The Kier molecular flexibility index (Phi) is 3.06. The summed E-state index contributed by atoms with van der Waals surface area (Å²) in [6.45, 7) is 4.68. The summed E-state index contributed by atoms with van der Waals surface area (Å²) in [6.07, 6.45) is 0.869. The number of ether oxygens (including phenoxy) is 1. The summed E-state index contributed by atoms with van der Waals surface area (Å²) >= 11 is 1.16. The average Bonchev–Trinajstić information content (AvgIpc) is 3.05.